The number of aliphatic carboxylic acids is 1. The van der Waals surface area contributed by atoms with Crippen molar-refractivity contribution < 1.29 is 19.2 Å². The Morgan fingerprint density at radius 2 is 2.05 bits per heavy atom. The molecule has 0 spiro atoms. The highest BCUT2D eigenvalue weighted by Gasteiger charge is 2.39. The molecule has 6 heteroatoms. The minimum Gasteiger partial charge on any atom is -0.481 e. The van der Waals surface area contributed by atoms with Crippen LogP contribution < -0.4 is 0 Å². The van der Waals surface area contributed by atoms with E-state index >= 15 is 0 Å². The molecule has 1 aliphatic carbocycles. The van der Waals surface area contributed by atoms with Gasteiger partial charge >= 0.3 is 5.97 Å². The van der Waals surface area contributed by atoms with E-state index in [2.05, 4.69) is 5.16 Å². The van der Waals surface area contributed by atoms with Crippen LogP contribution >= 0.6 is 0 Å². The maximum absolute atomic E-state index is 12.3. The van der Waals surface area contributed by atoms with Gasteiger partial charge in [-0.1, -0.05) is 5.16 Å². The summed E-state index contributed by atoms with van der Waals surface area (Å²) in [4.78, 5) is 25.1. The number of rotatable bonds is 3. The monoisotopic (exact) mass is 278 g/mol. The molecule has 2 heterocycles. The number of nitrogens with zero attached hydrogens (tertiary/aromatic N) is 2. The first-order chi connectivity index (χ1) is 9.49. The van der Waals surface area contributed by atoms with Crippen molar-refractivity contribution in [2.75, 3.05) is 13.1 Å². The second kappa shape index (κ2) is 4.61. The van der Waals surface area contributed by atoms with Crippen LogP contribution in [0.3, 0.4) is 0 Å². The first kappa shape index (κ1) is 13.1. The second-order valence-corrected chi connectivity index (χ2v) is 6.05. The van der Waals surface area contributed by atoms with Gasteiger partial charge in [-0.3, -0.25) is 9.59 Å². The summed E-state index contributed by atoms with van der Waals surface area (Å²) in [7, 11) is 0. The highest BCUT2D eigenvalue weighted by Crippen LogP contribution is 2.40. The first-order valence-corrected chi connectivity index (χ1v) is 6.99. The van der Waals surface area contributed by atoms with Crippen molar-refractivity contribution in [3.63, 3.8) is 0 Å². The minimum atomic E-state index is -0.790. The fraction of sp³-hybridized carbons (Fsp3) is 0.643. The Labute approximate surface area is 116 Å². The molecule has 0 aromatic carbocycles. The van der Waals surface area contributed by atoms with Crippen LogP contribution in [0.2, 0.25) is 0 Å². The van der Waals surface area contributed by atoms with E-state index < -0.39 is 11.4 Å². The summed E-state index contributed by atoms with van der Waals surface area (Å²) in [6.07, 6.45) is 3.15. The predicted octanol–water partition coefficient (Wildman–Crippen LogP) is 1.88. The molecule has 1 amide bonds. The van der Waals surface area contributed by atoms with Crippen LogP contribution in [0.25, 0.3) is 0 Å². The lowest BCUT2D eigenvalue weighted by atomic mass is 9.80. The fourth-order valence-electron chi connectivity index (χ4n) is 2.53. The Balaban J connectivity index is 1.65. The van der Waals surface area contributed by atoms with E-state index in [1.54, 1.807) is 17.9 Å². The SMILES string of the molecule is CC1(C(=O)O)CCN(C(=O)c2cc(C3CC3)on2)CC1. The molecule has 3 rings (SSSR count). The number of carboxylic acid groups (broad SMARTS) is 1. The zero-order valence-corrected chi connectivity index (χ0v) is 11.5. The van der Waals surface area contributed by atoms with Gasteiger partial charge in [-0.05, 0) is 32.6 Å². The van der Waals surface area contributed by atoms with Gasteiger partial charge in [-0.2, -0.15) is 0 Å². The summed E-state index contributed by atoms with van der Waals surface area (Å²) >= 11 is 0. The summed E-state index contributed by atoms with van der Waals surface area (Å²) in [6, 6.07) is 1.73. The third-order valence-corrected chi connectivity index (χ3v) is 4.40. The van der Waals surface area contributed by atoms with Gasteiger partial charge < -0.3 is 14.5 Å². The maximum atomic E-state index is 12.3. The number of aromatic nitrogens is 1. The van der Waals surface area contributed by atoms with Gasteiger partial charge in [0.15, 0.2) is 5.69 Å². The number of hydrogen-bond acceptors (Lipinski definition) is 4. The average molecular weight is 278 g/mol. The van der Waals surface area contributed by atoms with E-state index in [9.17, 15) is 14.7 Å². The van der Waals surface area contributed by atoms with Crippen LogP contribution in [0, 0.1) is 5.41 Å². The molecule has 1 saturated carbocycles. The molecule has 0 atom stereocenters. The van der Waals surface area contributed by atoms with Crippen LogP contribution in [0.4, 0.5) is 0 Å². The summed E-state index contributed by atoms with van der Waals surface area (Å²) in [5, 5.41) is 13.0. The van der Waals surface area contributed by atoms with Crippen molar-refractivity contribution in [1.82, 2.24) is 10.1 Å². The number of carbonyl (C=O) groups is 2. The van der Waals surface area contributed by atoms with Crippen LogP contribution in [-0.4, -0.2) is 40.1 Å². The second-order valence-electron chi connectivity index (χ2n) is 6.05. The molecule has 0 bridgehead atoms. The number of carboxylic acids is 1. The maximum Gasteiger partial charge on any atom is 0.309 e. The Hall–Kier alpha value is -1.85. The molecule has 0 radical (unpaired) electrons. The number of amides is 1. The quantitative estimate of drug-likeness (QED) is 0.912. The Bertz CT molecular complexity index is 539. The zero-order valence-electron chi connectivity index (χ0n) is 11.5. The van der Waals surface area contributed by atoms with Gasteiger partial charge in [0.2, 0.25) is 0 Å². The molecule has 1 N–H and O–H groups in total. The lowest BCUT2D eigenvalue weighted by Crippen LogP contribution is -2.45. The van der Waals surface area contributed by atoms with E-state index in [0.717, 1.165) is 18.6 Å². The third kappa shape index (κ3) is 2.30. The Morgan fingerprint density at radius 1 is 1.40 bits per heavy atom. The molecule has 6 nitrogen and oxygen atoms in total. The number of likely N-dealkylation sites (tertiary alicyclic amines) is 1. The molecule has 1 saturated heterocycles. The van der Waals surface area contributed by atoms with Crippen molar-refractivity contribution in [3.8, 4) is 0 Å². The van der Waals surface area contributed by atoms with Gasteiger partial charge in [0.25, 0.3) is 5.91 Å². The topological polar surface area (TPSA) is 83.6 Å². The lowest BCUT2D eigenvalue weighted by molar-refractivity contribution is -0.150. The van der Waals surface area contributed by atoms with E-state index in [1.165, 1.54) is 0 Å². The number of carbonyl (C=O) groups excluding carboxylic acids is 1. The highest BCUT2D eigenvalue weighted by molar-refractivity contribution is 5.92. The Morgan fingerprint density at radius 3 is 2.60 bits per heavy atom. The lowest BCUT2D eigenvalue weighted by Gasteiger charge is -2.36. The van der Waals surface area contributed by atoms with E-state index in [-0.39, 0.29) is 5.91 Å². The van der Waals surface area contributed by atoms with Gasteiger partial charge in [-0.15, -0.1) is 0 Å². The zero-order chi connectivity index (χ0) is 14.3. The van der Waals surface area contributed by atoms with Crippen molar-refractivity contribution in [2.24, 2.45) is 5.41 Å². The van der Waals surface area contributed by atoms with Gasteiger partial charge in [-0.25, -0.2) is 0 Å². The molecule has 20 heavy (non-hydrogen) atoms. The summed E-state index contributed by atoms with van der Waals surface area (Å²) < 4.78 is 5.19. The van der Waals surface area contributed by atoms with Crippen molar-refractivity contribution in [1.29, 1.82) is 0 Å². The molecule has 1 aromatic rings. The highest BCUT2D eigenvalue weighted by atomic mass is 16.5. The van der Waals surface area contributed by atoms with Crippen LogP contribution in [0.5, 0.6) is 0 Å². The standard InChI is InChI=1S/C14H18N2O4/c1-14(13(18)19)4-6-16(7-5-14)12(17)10-8-11(20-15-10)9-2-3-9/h8-9H,2-7H2,1H3,(H,18,19). The van der Waals surface area contributed by atoms with Crippen LogP contribution in [0.15, 0.2) is 10.6 Å². The molecule has 2 aliphatic rings. The summed E-state index contributed by atoms with van der Waals surface area (Å²) in [6.45, 7) is 2.64. The largest absolute Gasteiger partial charge is 0.481 e. The third-order valence-electron chi connectivity index (χ3n) is 4.40. The predicted molar refractivity (Wildman–Crippen MR) is 69.4 cm³/mol. The van der Waals surface area contributed by atoms with Gasteiger partial charge in [0, 0.05) is 25.1 Å². The summed E-state index contributed by atoms with van der Waals surface area (Å²) in [5.41, 5.74) is -0.384. The molecule has 1 aromatic heterocycles. The summed E-state index contributed by atoms with van der Waals surface area (Å²) in [5.74, 6) is 0.275. The van der Waals surface area contributed by atoms with Crippen LogP contribution in [0.1, 0.15) is 54.8 Å². The van der Waals surface area contributed by atoms with Gasteiger partial charge in [0.05, 0.1) is 5.41 Å². The Kier molecular flexibility index (Phi) is 3.03. The van der Waals surface area contributed by atoms with Crippen molar-refractivity contribution in [3.05, 3.63) is 17.5 Å². The average Bonchev–Trinajstić information content (AvgIpc) is 3.16. The molecule has 2 fully saturated rings. The van der Waals surface area contributed by atoms with E-state index in [4.69, 9.17) is 4.52 Å². The molecular weight excluding hydrogens is 260 g/mol. The molecule has 1 aliphatic heterocycles. The van der Waals surface area contributed by atoms with Gasteiger partial charge in [0.1, 0.15) is 5.76 Å². The molecular formula is C14H18N2O4. The number of hydrogen-bond donors (Lipinski definition) is 1. The van der Waals surface area contributed by atoms with Crippen LogP contribution in [-0.2, 0) is 4.79 Å². The molecule has 108 valence electrons. The van der Waals surface area contributed by atoms with E-state index in [1.807, 2.05) is 0 Å². The fourth-order valence-corrected chi connectivity index (χ4v) is 2.53. The normalized spacial score (nSPS) is 21.8. The van der Waals surface area contributed by atoms with Crippen molar-refractivity contribution in [2.45, 2.75) is 38.5 Å². The smallest absolute Gasteiger partial charge is 0.309 e. The number of piperidine rings is 1. The van der Waals surface area contributed by atoms with Crippen molar-refractivity contribution >= 4 is 11.9 Å². The van der Waals surface area contributed by atoms with E-state index in [0.29, 0.717) is 37.5 Å². The first-order valence-electron chi connectivity index (χ1n) is 6.99. The molecule has 0 unspecified atom stereocenters. The minimum absolute atomic E-state index is 0.159.